The second-order valence-electron chi connectivity index (χ2n) is 24.9. The molecule has 4 amide bonds. The summed E-state index contributed by atoms with van der Waals surface area (Å²) in [5, 5.41) is 16.6. The molecule has 0 radical (unpaired) electrons. The fourth-order valence-corrected chi connectivity index (χ4v) is 9.67. The molecule has 4 heterocycles. The SMILES string of the molecule is COC(=O)C1CC(Oc2nc(-c3ccccc3)nc3ccc(OC)cc23)CN1C(=O)[C@@H](NC(=O)OC(C)(C)C)C(C)(C)C.COc1ccc2nc(-c3ccccc3)nc(OC3CC(C(=O)O)N(C(=O)[C@@H](NC(=O)OC(C)(C)C)C(C)(C)C)C3)c2c1. The number of carbonyl (C=O) groups is 6. The van der Waals surface area contributed by atoms with Crippen LogP contribution in [0, 0.1) is 10.8 Å². The van der Waals surface area contributed by atoms with Gasteiger partial charge in [0.15, 0.2) is 11.6 Å². The van der Waals surface area contributed by atoms with Crippen LogP contribution in [-0.4, -0.2) is 153 Å². The normalized spacial score (nSPS) is 17.8. The van der Waals surface area contributed by atoms with E-state index in [-0.39, 0.29) is 31.8 Å². The predicted molar refractivity (Wildman–Crippen MR) is 317 cm³/mol. The van der Waals surface area contributed by atoms with Crippen molar-refractivity contribution in [2.24, 2.45) is 10.8 Å². The number of carbonyl (C=O) groups excluding carboxylic acids is 5. The minimum atomic E-state index is -1.17. The number of ether oxygens (including phenoxy) is 7. The van der Waals surface area contributed by atoms with Crippen molar-refractivity contribution in [3.05, 3.63) is 97.1 Å². The van der Waals surface area contributed by atoms with Gasteiger partial charge in [0, 0.05) is 24.0 Å². The van der Waals surface area contributed by atoms with E-state index in [1.807, 2.05) is 87.5 Å². The summed E-state index contributed by atoms with van der Waals surface area (Å²) in [6.07, 6.45) is -2.59. The Labute approximate surface area is 495 Å². The van der Waals surface area contributed by atoms with Crippen molar-refractivity contribution < 1.29 is 67.0 Å². The molecule has 2 aliphatic heterocycles. The largest absolute Gasteiger partial charge is 0.497 e. The van der Waals surface area contributed by atoms with Gasteiger partial charge in [0.25, 0.3) is 0 Å². The highest BCUT2D eigenvalue weighted by Gasteiger charge is 2.48. The van der Waals surface area contributed by atoms with Crippen molar-refractivity contribution >= 4 is 57.7 Å². The zero-order chi connectivity index (χ0) is 62.3. The maximum Gasteiger partial charge on any atom is 0.408 e. The molecule has 0 aliphatic carbocycles. The van der Waals surface area contributed by atoms with E-state index in [4.69, 9.17) is 43.1 Å². The number of carboxylic acids is 1. The lowest BCUT2D eigenvalue weighted by Gasteiger charge is -2.35. The van der Waals surface area contributed by atoms with Crippen LogP contribution >= 0.6 is 0 Å². The van der Waals surface area contributed by atoms with Crippen LogP contribution in [0.1, 0.15) is 95.9 Å². The van der Waals surface area contributed by atoms with Gasteiger partial charge in [-0.2, -0.15) is 9.97 Å². The van der Waals surface area contributed by atoms with E-state index in [1.54, 1.807) is 107 Å². The van der Waals surface area contributed by atoms with Crippen LogP contribution in [-0.2, 0) is 33.4 Å². The highest BCUT2D eigenvalue weighted by atomic mass is 16.6. The fraction of sp³-hybridized carbons (Fsp3) is 0.460. The molecule has 2 aromatic heterocycles. The monoisotopic (exact) mass is 1170 g/mol. The average Bonchev–Trinajstić information content (AvgIpc) is 2.19. The summed E-state index contributed by atoms with van der Waals surface area (Å²) in [5.41, 5.74) is -0.0949. The molecular formula is C63H78N8O14. The number of amides is 4. The first-order valence-electron chi connectivity index (χ1n) is 27.9. The molecule has 0 bridgehead atoms. The van der Waals surface area contributed by atoms with E-state index in [0.717, 1.165) is 11.1 Å². The third-order valence-electron chi connectivity index (χ3n) is 13.8. The van der Waals surface area contributed by atoms with Gasteiger partial charge < -0.3 is 58.7 Å². The molecule has 454 valence electrons. The Balaban J connectivity index is 0.000000244. The Bertz CT molecular complexity index is 3390. The number of likely N-dealkylation sites (tertiary alicyclic amines) is 2. The molecule has 4 unspecified atom stereocenters. The van der Waals surface area contributed by atoms with Gasteiger partial charge in [-0.25, -0.2) is 29.1 Å². The highest BCUT2D eigenvalue weighted by Crippen LogP contribution is 2.36. The molecule has 22 nitrogen and oxygen atoms in total. The van der Waals surface area contributed by atoms with E-state index in [9.17, 15) is 33.9 Å². The van der Waals surface area contributed by atoms with E-state index in [1.165, 1.54) is 16.9 Å². The number of esters is 1. The number of aromatic nitrogens is 4. The molecule has 6 atom stereocenters. The number of aliphatic carboxylic acids is 1. The third kappa shape index (κ3) is 16.3. The fourth-order valence-electron chi connectivity index (χ4n) is 9.67. The number of fused-ring (bicyclic) bond motifs is 2. The van der Waals surface area contributed by atoms with Gasteiger partial charge in [-0.05, 0) is 88.8 Å². The Morgan fingerprint density at radius 1 is 0.529 bits per heavy atom. The van der Waals surface area contributed by atoms with Crippen LogP contribution in [0.3, 0.4) is 0 Å². The van der Waals surface area contributed by atoms with Crippen molar-refractivity contribution in [1.29, 1.82) is 0 Å². The standard InChI is InChI=1S/C32H40N4O7.C31H38N4O7/c1-31(2,3)25(34-30(39)43-32(4,5)6)28(37)36-18-21(17-24(36)29(38)41-8)42-27-22-16-20(40-7)14-15-23(22)33-26(35-27)19-12-10-9-11-13-19;1-30(2,3)24(33-29(39)42-31(4,5)6)27(36)35-17-20(16-23(35)28(37)38)41-26-21-15-19(40-7)13-14-22(21)32-25(34-26)18-11-9-8-10-12-18/h9-16,21,24-25H,17-18H2,1-8H3,(H,34,39);8-15,20,23-24H,16-17H2,1-7H3,(H,33,39)(H,37,38)/t21?,24?,25-;20?,23?,24-/m11/s1. The van der Waals surface area contributed by atoms with Crippen molar-refractivity contribution in [2.75, 3.05) is 34.4 Å². The minimum Gasteiger partial charge on any atom is -0.497 e. The summed E-state index contributed by atoms with van der Waals surface area (Å²) in [5.74, 6) is -0.0874. The lowest BCUT2D eigenvalue weighted by Crippen LogP contribution is -2.57. The Morgan fingerprint density at radius 2 is 0.906 bits per heavy atom. The predicted octanol–water partition coefficient (Wildman–Crippen LogP) is 9.44. The third-order valence-corrected chi connectivity index (χ3v) is 13.8. The minimum absolute atomic E-state index is 0.0193. The zero-order valence-electron chi connectivity index (χ0n) is 51.0. The van der Waals surface area contributed by atoms with Gasteiger partial charge in [-0.3, -0.25) is 9.59 Å². The molecule has 22 heteroatoms. The topological polar surface area (TPSA) is 269 Å². The Kier molecular flexibility index (Phi) is 19.5. The van der Waals surface area contributed by atoms with Gasteiger partial charge in [-0.1, -0.05) is 102 Å². The summed E-state index contributed by atoms with van der Waals surface area (Å²) < 4.78 is 39.5. The van der Waals surface area contributed by atoms with Crippen molar-refractivity contribution in [3.63, 3.8) is 0 Å². The maximum atomic E-state index is 14.0. The average molecular weight is 1170 g/mol. The quantitative estimate of drug-likeness (QED) is 0.0676. The number of carboxylic acid groups (broad SMARTS) is 1. The van der Waals surface area contributed by atoms with Crippen molar-refractivity contribution in [2.45, 2.75) is 144 Å². The lowest BCUT2D eigenvalue weighted by molar-refractivity contribution is -0.152. The van der Waals surface area contributed by atoms with Gasteiger partial charge in [-0.15, -0.1) is 0 Å². The number of nitrogens with zero attached hydrogens (tertiary/aromatic N) is 6. The molecule has 85 heavy (non-hydrogen) atoms. The molecule has 6 aromatic rings. The number of hydrogen-bond acceptors (Lipinski definition) is 17. The summed E-state index contributed by atoms with van der Waals surface area (Å²) in [6.45, 7) is 21.3. The second-order valence-corrected chi connectivity index (χ2v) is 24.9. The van der Waals surface area contributed by atoms with Crippen LogP contribution in [0.4, 0.5) is 9.59 Å². The molecule has 0 saturated carbocycles. The van der Waals surface area contributed by atoms with Gasteiger partial charge >= 0.3 is 24.1 Å². The maximum absolute atomic E-state index is 14.0. The number of rotatable bonds is 14. The highest BCUT2D eigenvalue weighted by molar-refractivity contribution is 5.93. The summed E-state index contributed by atoms with van der Waals surface area (Å²) in [6, 6.07) is 25.6. The van der Waals surface area contributed by atoms with Gasteiger partial charge in [0.1, 0.15) is 59.1 Å². The molecular weight excluding hydrogens is 1090 g/mol. The van der Waals surface area contributed by atoms with E-state index in [2.05, 4.69) is 20.6 Å². The second kappa shape index (κ2) is 26.0. The summed E-state index contributed by atoms with van der Waals surface area (Å²) >= 11 is 0. The molecule has 2 aliphatic rings. The van der Waals surface area contributed by atoms with Gasteiger partial charge in [0.05, 0.1) is 56.2 Å². The van der Waals surface area contributed by atoms with Crippen LogP contribution in [0.25, 0.3) is 44.6 Å². The smallest absolute Gasteiger partial charge is 0.408 e. The molecule has 8 rings (SSSR count). The number of alkyl carbamates (subject to hydrolysis) is 2. The first-order chi connectivity index (χ1) is 39.9. The Hall–Kier alpha value is -8.82. The van der Waals surface area contributed by atoms with E-state index >= 15 is 0 Å². The van der Waals surface area contributed by atoms with Crippen molar-refractivity contribution in [3.8, 4) is 46.0 Å². The lowest BCUT2D eigenvalue weighted by atomic mass is 9.85. The number of benzene rings is 4. The van der Waals surface area contributed by atoms with Crippen molar-refractivity contribution in [1.82, 2.24) is 40.4 Å². The molecule has 3 N–H and O–H groups in total. The number of hydrogen-bond donors (Lipinski definition) is 3. The van der Waals surface area contributed by atoms with Crippen LogP contribution in [0.5, 0.6) is 23.3 Å². The first-order valence-corrected chi connectivity index (χ1v) is 27.9. The molecule has 4 aromatic carbocycles. The van der Waals surface area contributed by atoms with E-state index in [0.29, 0.717) is 50.8 Å². The molecule has 0 spiro atoms. The van der Waals surface area contributed by atoms with E-state index < -0.39 is 94.3 Å². The number of nitrogens with one attached hydrogen (secondary N) is 2. The Morgan fingerprint density at radius 3 is 1.25 bits per heavy atom. The summed E-state index contributed by atoms with van der Waals surface area (Å²) in [4.78, 5) is 99.9. The zero-order valence-corrected chi connectivity index (χ0v) is 51.0. The first kappa shape index (κ1) is 63.8. The molecule has 2 saturated heterocycles. The van der Waals surface area contributed by atoms with Gasteiger partial charge in [0.2, 0.25) is 23.6 Å². The number of methoxy groups -OCH3 is 3. The summed E-state index contributed by atoms with van der Waals surface area (Å²) in [7, 11) is 4.39. The molecule has 2 fully saturated rings. The van der Waals surface area contributed by atoms with Crippen LogP contribution < -0.4 is 29.6 Å². The van der Waals surface area contributed by atoms with Crippen LogP contribution in [0.2, 0.25) is 0 Å². The van der Waals surface area contributed by atoms with Crippen LogP contribution in [0.15, 0.2) is 97.1 Å².